The molecule has 4 rings (SSSR count). The maximum Gasteiger partial charge on any atom is 0.197 e. The fraction of sp³-hybridized carbons (Fsp3) is 0.318. The SMILES string of the molecule is COc1ccc(-c2cc(=O)c3c(O)cc(O)c([C@H]4O[C@H](CO)[C@@H](O)[C@H](O)[C@H]4O)c3o2)cc1. The van der Waals surface area contributed by atoms with E-state index in [0.717, 1.165) is 12.1 Å². The Morgan fingerprint density at radius 3 is 2.28 bits per heavy atom. The van der Waals surface area contributed by atoms with Crippen LogP contribution >= 0.6 is 0 Å². The molecule has 0 amide bonds. The number of rotatable bonds is 4. The van der Waals surface area contributed by atoms with Crippen molar-refractivity contribution in [1.29, 1.82) is 0 Å². The second-order valence-corrected chi connectivity index (χ2v) is 7.49. The van der Waals surface area contributed by atoms with Gasteiger partial charge in [0.1, 0.15) is 58.9 Å². The van der Waals surface area contributed by atoms with Crippen LogP contribution in [0.4, 0.5) is 0 Å². The molecule has 0 radical (unpaired) electrons. The Morgan fingerprint density at radius 1 is 0.969 bits per heavy atom. The highest BCUT2D eigenvalue weighted by Gasteiger charge is 2.46. The van der Waals surface area contributed by atoms with Gasteiger partial charge in [0.15, 0.2) is 11.0 Å². The van der Waals surface area contributed by atoms with E-state index in [4.69, 9.17) is 13.9 Å². The molecule has 0 bridgehead atoms. The molecule has 10 nitrogen and oxygen atoms in total. The van der Waals surface area contributed by atoms with Crippen LogP contribution in [0.1, 0.15) is 11.7 Å². The number of ether oxygens (including phenoxy) is 2. The monoisotopic (exact) mass is 446 g/mol. The number of aliphatic hydroxyl groups is 4. The Labute approximate surface area is 181 Å². The minimum atomic E-state index is -1.73. The normalized spacial score (nSPS) is 25.7. The van der Waals surface area contributed by atoms with Crippen molar-refractivity contribution in [3.05, 3.63) is 52.2 Å². The average molecular weight is 446 g/mol. The Balaban J connectivity index is 1.94. The van der Waals surface area contributed by atoms with Crippen molar-refractivity contribution >= 4 is 11.0 Å². The van der Waals surface area contributed by atoms with Crippen molar-refractivity contribution in [2.75, 3.05) is 13.7 Å². The molecule has 1 fully saturated rings. The zero-order chi connectivity index (χ0) is 23.2. The Morgan fingerprint density at radius 2 is 1.66 bits per heavy atom. The Hall–Kier alpha value is -3.15. The molecule has 1 aliphatic rings. The molecular formula is C22H22O10. The maximum atomic E-state index is 12.8. The maximum absolute atomic E-state index is 12.8. The molecular weight excluding hydrogens is 424 g/mol. The lowest BCUT2D eigenvalue weighted by atomic mass is 9.89. The lowest BCUT2D eigenvalue weighted by Crippen LogP contribution is -2.55. The van der Waals surface area contributed by atoms with Gasteiger partial charge in [-0.3, -0.25) is 4.79 Å². The van der Waals surface area contributed by atoms with Crippen molar-refractivity contribution in [2.45, 2.75) is 30.5 Å². The predicted octanol–water partition coefficient (Wildman–Crippen LogP) is 0.395. The van der Waals surface area contributed by atoms with Crippen LogP contribution in [-0.2, 0) is 4.74 Å². The fourth-order valence-electron chi connectivity index (χ4n) is 3.83. The standard InChI is InChI=1S/C22H22O10/c1-30-10-4-2-9(3-5-10)14-7-13(26)16-11(24)6-12(25)17(21(16)31-14)22-20(29)19(28)18(27)15(8-23)32-22/h2-7,15,18-20,22-25,27-29H,8H2,1H3/t15-,18-,19+,20-,22-/m1/s1. The van der Waals surface area contributed by atoms with Crippen molar-refractivity contribution in [1.82, 2.24) is 0 Å². The van der Waals surface area contributed by atoms with E-state index in [1.165, 1.54) is 7.11 Å². The molecule has 5 atom stereocenters. The first-order valence-corrected chi connectivity index (χ1v) is 9.74. The molecule has 0 spiro atoms. The van der Waals surface area contributed by atoms with Crippen LogP contribution in [0.15, 0.2) is 45.6 Å². The van der Waals surface area contributed by atoms with Crippen molar-refractivity contribution in [3.8, 4) is 28.6 Å². The summed E-state index contributed by atoms with van der Waals surface area (Å²) >= 11 is 0. The zero-order valence-corrected chi connectivity index (χ0v) is 16.9. The number of phenols is 2. The molecule has 3 aromatic rings. The molecule has 170 valence electrons. The van der Waals surface area contributed by atoms with E-state index in [1.54, 1.807) is 24.3 Å². The molecule has 1 saturated heterocycles. The fourth-order valence-corrected chi connectivity index (χ4v) is 3.83. The third-order valence-corrected chi connectivity index (χ3v) is 5.55. The summed E-state index contributed by atoms with van der Waals surface area (Å²) in [6, 6.07) is 8.63. The predicted molar refractivity (Wildman–Crippen MR) is 111 cm³/mol. The van der Waals surface area contributed by atoms with Gasteiger partial charge in [-0.25, -0.2) is 0 Å². The van der Waals surface area contributed by atoms with Gasteiger partial charge in [0.05, 0.1) is 19.3 Å². The summed E-state index contributed by atoms with van der Waals surface area (Å²) in [6.45, 7) is -0.681. The molecule has 32 heavy (non-hydrogen) atoms. The third kappa shape index (κ3) is 3.57. The number of hydrogen-bond acceptors (Lipinski definition) is 10. The van der Waals surface area contributed by atoms with Crippen LogP contribution in [0.3, 0.4) is 0 Å². The van der Waals surface area contributed by atoms with E-state index in [0.29, 0.717) is 11.3 Å². The summed E-state index contributed by atoms with van der Waals surface area (Å²) in [6.07, 6.45) is -7.80. The highest BCUT2D eigenvalue weighted by molar-refractivity contribution is 5.89. The molecule has 2 aromatic carbocycles. The van der Waals surface area contributed by atoms with E-state index in [1.807, 2.05) is 0 Å². The van der Waals surface area contributed by atoms with Crippen LogP contribution in [-0.4, -0.2) is 68.8 Å². The van der Waals surface area contributed by atoms with E-state index >= 15 is 0 Å². The first kappa shape index (κ1) is 22.1. The quantitative estimate of drug-likeness (QED) is 0.330. The Kier molecular flexibility index (Phi) is 5.80. The molecule has 6 N–H and O–H groups in total. The van der Waals surface area contributed by atoms with Crippen molar-refractivity contribution in [3.63, 3.8) is 0 Å². The van der Waals surface area contributed by atoms with Gasteiger partial charge in [0.25, 0.3) is 0 Å². The second-order valence-electron chi connectivity index (χ2n) is 7.49. The molecule has 1 aliphatic heterocycles. The number of fused-ring (bicyclic) bond motifs is 1. The third-order valence-electron chi connectivity index (χ3n) is 5.55. The molecule has 1 aromatic heterocycles. The minimum absolute atomic E-state index is 0.0981. The molecule has 2 heterocycles. The lowest BCUT2D eigenvalue weighted by molar-refractivity contribution is -0.231. The second kappa shape index (κ2) is 8.41. The van der Waals surface area contributed by atoms with Gasteiger partial charge in [-0.15, -0.1) is 0 Å². The summed E-state index contributed by atoms with van der Waals surface area (Å²) < 4.78 is 16.5. The van der Waals surface area contributed by atoms with Crippen LogP contribution in [0.2, 0.25) is 0 Å². The summed E-state index contributed by atoms with van der Waals surface area (Å²) in [5.41, 5.74) is -0.625. The van der Waals surface area contributed by atoms with E-state index in [9.17, 15) is 35.4 Å². The van der Waals surface area contributed by atoms with Gasteiger partial charge in [-0.2, -0.15) is 0 Å². The van der Waals surface area contributed by atoms with Crippen molar-refractivity contribution < 1.29 is 44.5 Å². The topological polar surface area (TPSA) is 170 Å². The number of hydrogen-bond donors (Lipinski definition) is 6. The average Bonchev–Trinajstić information content (AvgIpc) is 2.78. The van der Waals surface area contributed by atoms with Gasteiger partial charge in [-0.1, -0.05) is 0 Å². The molecule has 0 aliphatic carbocycles. The number of benzene rings is 2. The molecule has 0 unspecified atom stereocenters. The van der Waals surface area contributed by atoms with E-state index < -0.39 is 54.1 Å². The van der Waals surface area contributed by atoms with E-state index in [2.05, 4.69) is 0 Å². The number of aliphatic hydroxyl groups excluding tert-OH is 4. The smallest absolute Gasteiger partial charge is 0.197 e. The van der Waals surface area contributed by atoms with Crippen molar-refractivity contribution in [2.24, 2.45) is 0 Å². The highest BCUT2D eigenvalue weighted by atomic mass is 16.5. The first-order chi connectivity index (χ1) is 15.3. The van der Waals surface area contributed by atoms with Gasteiger partial charge < -0.3 is 44.5 Å². The highest BCUT2D eigenvalue weighted by Crippen LogP contribution is 2.43. The number of aromatic hydroxyl groups is 2. The Bertz CT molecular complexity index is 1180. The van der Waals surface area contributed by atoms with Crippen LogP contribution in [0.5, 0.6) is 17.2 Å². The first-order valence-electron chi connectivity index (χ1n) is 9.74. The summed E-state index contributed by atoms with van der Waals surface area (Å²) in [5, 5.41) is 60.8. The van der Waals surface area contributed by atoms with Crippen LogP contribution in [0, 0.1) is 0 Å². The number of methoxy groups -OCH3 is 1. The van der Waals surface area contributed by atoms with Gasteiger partial charge >= 0.3 is 0 Å². The largest absolute Gasteiger partial charge is 0.507 e. The van der Waals surface area contributed by atoms with Gasteiger partial charge in [-0.05, 0) is 24.3 Å². The summed E-state index contributed by atoms with van der Waals surface area (Å²) in [4.78, 5) is 12.8. The van der Waals surface area contributed by atoms with Gasteiger partial charge in [0.2, 0.25) is 0 Å². The molecule has 10 heteroatoms. The zero-order valence-electron chi connectivity index (χ0n) is 16.9. The van der Waals surface area contributed by atoms with Gasteiger partial charge in [0, 0.05) is 17.7 Å². The van der Waals surface area contributed by atoms with Crippen LogP contribution < -0.4 is 10.2 Å². The van der Waals surface area contributed by atoms with Crippen LogP contribution in [0.25, 0.3) is 22.3 Å². The molecule has 0 saturated carbocycles. The lowest BCUT2D eigenvalue weighted by Gasteiger charge is -2.40. The van der Waals surface area contributed by atoms with E-state index in [-0.39, 0.29) is 22.3 Å². The minimum Gasteiger partial charge on any atom is -0.507 e. The summed E-state index contributed by atoms with van der Waals surface area (Å²) in [5.74, 6) is -0.453. The number of phenolic OH excluding ortho intramolecular Hbond substituents is 2. The summed E-state index contributed by atoms with van der Waals surface area (Å²) in [7, 11) is 1.50.